The van der Waals surface area contributed by atoms with Crippen molar-refractivity contribution in [3.63, 3.8) is 0 Å². The van der Waals surface area contributed by atoms with E-state index < -0.39 is 0 Å². The Hall–Kier alpha value is -0.500. The Bertz CT molecular complexity index is 305. The van der Waals surface area contributed by atoms with Crippen molar-refractivity contribution in [2.75, 3.05) is 0 Å². The van der Waals surface area contributed by atoms with Crippen LogP contribution in [-0.4, -0.2) is 15.2 Å². The van der Waals surface area contributed by atoms with Gasteiger partial charge in [-0.05, 0) is 31.2 Å². The Morgan fingerprint density at radius 1 is 1.47 bits per heavy atom. The molecule has 0 N–H and O–H groups in total. The van der Waals surface area contributed by atoms with Gasteiger partial charge in [0.2, 0.25) is 0 Å². The molecule has 0 radical (unpaired) electrons. The van der Waals surface area contributed by atoms with Crippen LogP contribution in [0.3, 0.4) is 0 Å². The summed E-state index contributed by atoms with van der Waals surface area (Å²) in [5, 5.41) is 4.69. The number of alkyl halides is 1. The summed E-state index contributed by atoms with van der Waals surface area (Å²) in [4.78, 5) is 0. The lowest BCUT2D eigenvalue weighted by atomic mass is 10.0. The zero-order valence-electron chi connectivity index (χ0n) is 10.1. The summed E-state index contributed by atoms with van der Waals surface area (Å²) in [6, 6.07) is 2.18. The molecule has 1 atom stereocenters. The predicted octanol–water partition coefficient (Wildman–Crippen LogP) is 3.18. The van der Waals surface area contributed by atoms with Crippen molar-refractivity contribution in [3.05, 3.63) is 17.5 Å². The van der Waals surface area contributed by atoms with Crippen LogP contribution >= 0.6 is 11.6 Å². The first-order valence-corrected chi connectivity index (χ1v) is 6.14. The molecule has 86 valence electrons. The minimum atomic E-state index is 0.268. The molecule has 0 aliphatic heterocycles. The molecule has 0 amide bonds. The van der Waals surface area contributed by atoms with Crippen molar-refractivity contribution in [3.8, 4) is 0 Å². The van der Waals surface area contributed by atoms with E-state index in [4.69, 9.17) is 11.6 Å². The highest BCUT2D eigenvalue weighted by Gasteiger charge is 2.11. The molecule has 0 fully saturated rings. The molecule has 0 aromatic carbocycles. The molecule has 15 heavy (non-hydrogen) atoms. The van der Waals surface area contributed by atoms with Gasteiger partial charge in [-0.3, -0.25) is 4.68 Å². The third kappa shape index (κ3) is 3.53. The molecule has 1 rings (SSSR count). The lowest BCUT2D eigenvalue weighted by Crippen LogP contribution is -2.10. The molecule has 0 bridgehead atoms. The zero-order chi connectivity index (χ0) is 11.4. The molecule has 1 heterocycles. The largest absolute Gasteiger partial charge is 0.272 e. The highest BCUT2D eigenvalue weighted by atomic mass is 35.5. The maximum absolute atomic E-state index is 6.23. The van der Waals surface area contributed by atoms with Crippen LogP contribution < -0.4 is 0 Å². The quantitative estimate of drug-likeness (QED) is 0.708. The van der Waals surface area contributed by atoms with Gasteiger partial charge in [0.05, 0.1) is 5.69 Å². The molecule has 0 aliphatic carbocycles. The summed E-state index contributed by atoms with van der Waals surface area (Å²) in [6.07, 6.45) is 3.06. The number of hydrogen-bond donors (Lipinski definition) is 0. The summed E-state index contributed by atoms with van der Waals surface area (Å²) in [6.45, 7) is 6.46. The first kappa shape index (κ1) is 12.6. The van der Waals surface area contributed by atoms with Crippen LogP contribution in [0.15, 0.2) is 6.07 Å². The number of halogens is 1. The smallest absolute Gasteiger partial charge is 0.0624 e. The van der Waals surface area contributed by atoms with Crippen LogP contribution in [0.4, 0.5) is 0 Å². The van der Waals surface area contributed by atoms with Crippen molar-refractivity contribution < 1.29 is 0 Å². The average Bonchev–Trinajstić information content (AvgIpc) is 2.55. The standard InChI is InChI=1S/C12H21ClN2/c1-5-10-8-11(15(4)14-10)6-7-12(13)9(2)3/h8-9,12H,5-7H2,1-4H3. The fourth-order valence-electron chi connectivity index (χ4n) is 1.60. The number of rotatable bonds is 5. The number of nitrogens with zero attached hydrogens (tertiary/aromatic N) is 2. The molecule has 1 aromatic rings. The van der Waals surface area contributed by atoms with Gasteiger partial charge >= 0.3 is 0 Å². The number of hydrogen-bond acceptors (Lipinski definition) is 1. The minimum absolute atomic E-state index is 0.268. The van der Waals surface area contributed by atoms with E-state index in [1.54, 1.807) is 0 Å². The van der Waals surface area contributed by atoms with Crippen molar-refractivity contribution in [2.45, 2.75) is 45.4 Å². The number of aryl methyl sites for hydroxylation is 3. The van der Waals surface area contributed by atoms with Gasteiger partial charge in [0.15, 0.2) is 0 Å². The Morgan fingerprint density at radius 3 is 2.60 bits per heavy atom. The van der Waals surface area contributed by atoms with E-state index in [9.17, 15) is 0 Å². The molecule has 3 heteroatoms. The van der Waals surface area contributed by atoms with Crippen molar-refractivity contribution in [2.24, 2.45) is 13.0 Å². The maximum atomic E-state index is 6.23. The highest BCUT2D eigenvalue weighted by molar-refractivity contribution is 6.20. The molecule has 1 aromatic heterocycles. The van der Waals surface area contributed by atoms with Gasteiger partial charge < -0.3 is 0 Å². The molecule has 0 saturated carbocycles. The van der Waals surface area contributed by atoms with Crippen molar-refractivity contribution >= 4 is 11.6 Å². The minimum Gasteiger partial charge on any atom is -0.272 e. The predicted molar refractivity (Wildman–Crippen MR) is 65.4 cm³/mol. The Kier molecular flexibility index (Phi) is 4.65. The van der Waals surface area contributed by atoms with E-state index in [-0.39, 0.29) is 5.38 Å². The van der Waals surface area contributed by atoms with E-state index in [2.05, 4.69) is 31.9 Å². The summed E-state index contributed by atoms with van der Waals surface area (Å²) in [5.41, 5.74) is 2.46. The van der Waals surface area contributed by atoms with Crippen molar-refractivity contribution in [1.29, 1.82) is 0 Å². The van der Waals surface area contributed by atoms with Crippen LogP contribution in [0.2, 0.25) is 0 Å². The SMILES string of the molecule is CCc1cc(CCC(Cl)C(C)C)n(C)n1. The molecule has 1 unspecified atom stereocenters. The first-order valence-electron chi connectivity index (χ1n) is 5.70. The van der Waals surface area contributed by atoms with Crippen molar-refractivity contribution in [1.82, 2.24) is 9.78 Å². The lowest BCUT2D eigenvalue weighted by molar-refractivity contribution is 0.553. The van der Waals surface area contributed by atoms with Gasteiger partial charge in [0, 0.05) is 18.1 Å². The van der Waals surface area contributed by atoms with Crippen LogP contribution in [0.5, 0.6) is 0 Å². The summed E-state index contributed by atoms with van der Waals surface area (Å²) in [5.74, 6) is 0.547. The average molecular weight is 229 g/mol. The third-order valence-electron chi connectivity index (χ3n) is 2.79. The van der Waals surface area contributed by atoms with Crippen LogP contribution in [0.1, 0.15) is 38.6 Å². The Labute approximate surface area is 97.6 Å². The molecule has 0 aliphatic rings. The zero-order valence-corrected chi connectivity index (χ0v) is 10.9. The van der Waals surface area contributed by atoms with Gasteiger partial charge in [-0.15, -0.1) is 11.6 Å². The second kappa shape index (κ2) is 5.55. The summed E-state index contributed by atoms with van der Waals surface area (Å²) < 4.78 is 1.97. The maximum Gasteiger partial charge on any atom is 0.0624 e. The van der Waals surface area contributed by atoms with Gasteiger partial charge in [0.1, 0.15) is 0 Å². The second-order valence-corrected chi connectivity index (χ2v) is 4.96. The van der Waals surface area contributed by atoms with Crippen LogP contribution in [0.25, 0.3) is 0 Å². The van der Waals surface area contributed by atoms with Gasteiger partial charge in [-0.25, -0.2) is 0 Å². The molecular formula is C12H21ClN2. The van der Waals surface area contributed by atoms with E-state index in [0.717, 1.165) is 19.3 Å². The number of aromatic nitrogens is 2. The summed E-state index contributed by atoms with van der Waals surface area (Å²) >= 11 is 6.23. The second-order valence-electron chi connectivity index (χ2n) is 4.40. The molecular weight excluding hydrogens is 208 g/mol. The molecule has 0 saturated heterocycles. The van der Waals surface area contributed by atoms with E-state index in [1.165, 1.54) is 11.4 Å². The lowest BCUT2D eigenvalue weighted by Gasteiger charge is -2.12. The van der Waals surface area contributed by atoms with Gasteiger partial charge in [-0.1, -0.05) is 20.8 Å². The normalized spacial score (nSPS) is 13.5. The fourth-order valence-corrected chi connectivity index (χ4v) is 1.71. The van der Waals surface area contributed by atoms with E-state index in [1.807, 2.05) is 11.7 Å². The van der Waals surface area contributed by atoms with Gasteiger partial charge in [-0.2, -0.15) is 5.10 Å². The topological polar surface area (TPSA) is 17.8 Å². The summed E-state index contributed by atoms with van der Waals surface area (Å²) in [7, 11) is 2.01. The Balaban J connectivity index is 2.53. The highest BCUT2D eigenvalue weighted by Crippen LogP contribution is 2.17. The van der Waals surface area contributed by atoms with E-state index in [0.29, 0.717) is 5.92 Å². The Morgan fingerprint density at radius 2 is 2.13 bits per heavy atom. The first-order chi connectivity index (χ1) is 7.04. The van der Waals surface area contributed by atoms with E-state index >= 15 is 0 Å². The molecule has 0 spiro atoms. The molecule has 2 nitrogen and oxygen atoms in total. The monoisotopic (exact) mass is 228 g/mol. The van der Waals surface area contributed by atoms with Gasteiger partial charge in [0.25, 0.3) is 0 Å². The van der Waals surface area contributed by atoms with Crippen LogP contribution in [-0.2, 0) is 19.9 Å². The third-order valence-corrected chi connectivity index (χ3v) is 3.51. The fraction of sp³-hybridized carbons (Fsp3) is 0.750. The van der Waals surface area contributed by atoms with Crippen LogP contribution in [0, 0.1) is 5.92 Å².